The van der Waals surface area contributed by atoms with E-state index in [1.807, 2.05) is 7.05 Å². The van der Waals surface area contributed by atoms with E-state index in [2.05, 4.69) is 21.2 Å². The zero-order valence-corrected chi connectivity index (χ0v) is 19.5. The highest BCUT2D eigenvalue weighted by molar-refractivity contribution is 9.09. The van der Waals surface area contributed by atoms with Crippen LogP contribution in [-0.2, 0) is 37.9 Å². The van der Waals surface area contributed by atoms with E-state index in [0.29, 0.717) is 106 Å². The van der Waals surface area contributed by atoms with Crippen molar-refractivity contribution in [3.63, 3.8) is 0 Å². The third kappa shape index (κ3) is 28.1. The summed E-state index contributed by atoms with van der Waals surface area (Å²) in [6.45, 7) is 10.2. The van der Waals surface area contributed by atoms with E-state index < -0.39 is 0 Å². The summed E-state index contributed by atoms with van der Waals surface area (Å²) in [7, 11) is 1.90. The molecule has 0 rings (SSSR count). The number of rotatable bonds is 26. The van der Waals surface area contributed by atoms with Gasteiger partial charge in [0.05, 0.1) is 106 Å². The second kappa shape index (κ2) is 28.1. The molecule has 1 N–H and O–H groups in total. The summed E-state index contributed by atoms with van der Waals surface area (Å²) in [4.78, 5) is 0. The number of halogens is 1. The second-order valence-corrected chi connectivity index (χ2v) is 6.48. The van der Waals surface area contributed by atoms with Gasteiger partial charge >= 0.3 is 0 Å². The van der Waals surface area contributed by atoms with Crippen molar-refractivity contribution < 1.29 is 37.9 Å². The molecule has 0 aliphatic rings. The largest absolute Gasteiger partial charge is 0.378 e. The molecule has 0 radical (unpaired) electrons. The maximum absolute atomic E-state index is 5.42. The van der Waals surface area contributed by atoms with Crippen LogP contribution in [0.25, 0.3) is 0 Å². The Morgan fingerprint density at radius 1 is 0.414 bits per heavy atom. The van der Waals surface area contributed by atoms with Gasteiger partial charge in [0.2, 0.25) is 0 Å². The Hall–Kier alpha value is 0.120. The van der Waals surface area contributed by atoms with Crippen molar-refractivity contribution in [3.8, 4) is 0 Å². The lowest BCUT2D eigenvalue weighted by Gasteiger charge is -2.08. The Bertz CT molecular complexity index is 267. The molecule has 0 heterocycles. The van der Waals surface area contributed by atoms with Crippen LogP contribution < -0.4 is 5.32 Å². The van der Waals surface area contributed by atoms with Gasteiger partial charge in [-0.05, 0) is 7.05 Å². The third-order valence-corrected chi connectivity index (χ3v) is 3.65. The second-order valence-electron chi connectivity index (χ2n) is 5.69. The lowest BCUT2D eigenvalue weighted by atomic mass is 10.6. The van der Waals surface area contributed by atoms with Gasteiger partial charge in [-0.25, -0.2) is 0 Å². The first-order valence-corrected chi connectivity index (χ1v) is 11.4. The summed E-state index contributed by atoms with van der Waals surface area (Å²) in [5.74, 6) is 0. The van der Waals surface area contributed by atoms with Crippen LogP contribution in [0.15, 0.2) is 0 Å². The maximum atomic E-state index is 5.42. The van der Waals surface area contributed by atoms with Crippen molar-refractivity contribution in [2.75, 3.05) is 125 Å². The summed E-state index contributed by atoms with van der Waals surface area (Å²) in [5.41, 5.74) is 0. The molecule has 176 valence electrons. The molecule has 10 heteroatoms. The summed E-state index contributed by atoms with van der Waals surface area (Å²) < 4.78 is 43.0. The molecule has 0 unspecified atom stereocenters. The van der Waals surface area contributed by atoms with Gasteiger partial charge in [0.1, 0.15) is 0 Å². The summed E-state index contributed by atoms with van der Waals surface area (Å²) in [6.07, 6.45) is 0. The van der Waals surface area contributed by atoms with E-state index in [9.17, 15) is 0 Å². The number of hydrogen-bond donors (Lipinski definition) is 1. The average Bonchev–Trinajstić information content (AvgIpc) is 2.74. The highest BCUT2D eigenvalue weighted by Gasteiger charge is 1.95. The Labute approximate surface area is 184 Å². The topological polar surface area (TPSA) is 85.9 Å². The lowest BCUT2D eigenvalue weighted by molar-refractivity contribution is -0.0227. The standard InChI is InChI=1S/C19H40BrNO8/c1-21-3-5-23-7-9-25-11-13-27-15-17-29-19-18-28-16-14-26-12-10-24-8-6-22-4-2-20/h21H,2-19H2,1H3. The smallest absolute Gasteiger partial charge is 0.0701 e. The van der Waals surface area contributed by atoms with Gasteiger partial charge in [-0.3, -0.25) is 0 Å². The zero-order chi connectivity index (χ0) is 21.1. The minimum atomic E-state index is 0.543. The highest BCUT2D eigenvalue weighted by Crippen LogP contribution is 1.86. The Balaban J connectivity index is 2.97. The molecule has 0 atom stereocenters. The molecule has 0 aromatic heterocycles. The quantitative estimate of drug-likeness (QED) is 0.139. The molecule has 0 aliphatic carbocycles. The van der Waals surface area contributed by atoms with Crippen LogP contribution >= 0.6 is 15.9 Å². The molecule has 0 bridgehead atoms. The predicted octanol–water partition coefficient (Wildman–Crippen LogP) is 0.734. The molecule has 9 nitrogen and oxygen atoms in total. The fourth-order valence-corrected chi connectivity index (χ4v) is 2.10. The highest BCUT2D eigenvalue weighted by atomic mass is 79.9. The van der Waals surface area contributed by atoms with Crippen molar-refractivity contribution >= 4 is 15.9 Å². The van der Waals surface area contributed by atoms with Crippen LogP contribution in [0.4, 0.5) is 0 Å². The van der Waals surface area contributed by atoms with E-state index >= 15 is 0 Å². The van der Waals surface area contributed by atoms with Gasteiger partial charge in [0.15, 0.2) is 0 Å². The van der Waals surface area contributed by atoms with Gasteiger partial charge in [0.25, 0.3) is 0 Å². The number of hydrogen-bond acceptors (Lipinski definition) is 9. The number of ether oxygens (including phenoxy) is 8. The Morgan fingerprint density at radius 2 is 0.655 bits per heavy atom. The van der Waals surface area contributed by atoms with Gasteiger partial charge in [-0.15, -0.1) is 0 Å². The van der Waals surface area contributed by atoms with Crippen LogP contribution in [0, 0.1) is 0 Å². The molecule has 0 saturated carbocycles. The first kappa shape index (κ1) is 29.1. The van der Waals surface area contributed by atoms with Crippen molar-refractivity contribution in [2.45, 2.75) is 0 Å². The Morgan fingerprint density at radius 3 is 0.897 bits per heavy atom. The summed E-state index contributed by atoms with van der Waals surface area (Å²) >= 11 is 3.29. The van der Waals surface area contributed by atoms with Crippen LogP contribution in [-0.4, -0.2) is 125 Å². The fraction of sp³-hybridized carbons (Fsp3) is 1.00. The van der Waals surface area contributed by atoms with Crippen molar-refractivity contribution in [1.82, 2.24) is 5.32 Å². The molecular weight excluding hydrogens is 450 g/mol. The normalized spacial score (nSPS) is 11.4. The third-order valence-electron chi connectivity index (χ3n) is 3.32. The number of likely N-dealkylation sites (N-methyl/N-ethyl adjacent to an activating group) is 1. The minimum Gasteiger partial charge on any atom is -0.378 e. The predicted molar refractivity (Wildman–Crippen MR) is 114 cm³/mol. The summed E-state index contributed by atoms with van der Waals surface area (Å²) in [6, 6.07) is 0. The lowest BCUT2D eigenvalue weighted by Crippen LogP contribution is -2.17. The first-order chi connectivity index (χ1) is 14.4. The zero-order valence-electron chi connectivity index (χ0n) is 17.9. The number of nitrogens with one attached hydrogen (secondary N) is 1. The van der Waals surface area contributed by atoms with Crippen molar-refractivity contribution in [2.24, 2.45) is 0 Å². The molecular formula is C19H40BrNO8. The molecule has 0 amide bonds. The van der Waals surface area contributed by atoms with E-state index in [0.717, 1.165) is 11.9 Å². The molecule has 0 spiro atoms. The average molecular weight is 490 g/mol. The first-order valence-electron chi connectivity index (χ1n) is 10.2. The Kier molecular flexibility index (Phi) is 28.2. The van der Waals surface area contributed by atoms with Crippen molar-refractivity contribution in [3.05, 3.63) is 0 Å². The fourth-order valence-electron chi connectivity index (χ4n) is 1.87. The van der Waals surface area contributed by atoms with Crippen LogP contribution in [0.1, 0.15) is 0 Å². The van der Waals surface area contributed by atoms with E-state index in [4.69, 9.17) is 37.9 Å². The van der Waals surface area contributed by atoms with Crippen LogP contribution in [0.3, 0.4) is 0 Å². The van der Waals surface area contributed by atoms with E-state index in [-0.39, 0.29) is 0 Å². The summed E-state index contributed by atoms with van der Waals surface area (Å²) in [5, 5.41) is 3.86. The van der Waals surface area contributed by atoms with Crippen molar-refractivity contribution in [1.29, 1.82) is 0 Å². The monoisotopic (exact) mass is 489 g/mol. The molecule has 0 saturated heterocycles. The molecule has 0 aromatic carbocycles. The molecule has 29 heavy (non-hydrogen) atoms. The van der Waals surface area contributed by atoms with Crippen LogP contribution in [0.5, 0.6) is 0 Å². The van der Waals surface area contributed by atoms with Gasteiger partial charge in [-0.2, -0.15) is 0 Å². The van der Waals surface area contributed by atoms with Crippen LogP contribution in [0.2, 0.25) is 0 Å². The minimum absolute atomic E-state index is 0.543. The molecule has 0 aromatic rings. The van der Waals surface area contributed by atoms with E-state index in [1.54, 1.807) is 0 Å². The van der Waals surface area contributed by atoms with Gasteiger partial charge in [-0.1, -0.05) is 15.9 Å². The molecule has 0 fully saturated rings. The maximum Gasteiger partial charge on any atom is 0.0701 e. The van der Waals surface area contributed by atoms with Gasteiger partial charge < -0.3 is 43.2 Å². The number of alkyl halides is 1. The van der Waals surface area contributed by atoms with Gasteiger partial charge in [0, 0.05) is 11.9 Å². The SMILES string of the molecule is CNCCOCCOCCOCCOCCOCCOCCOCCOCCBr. The van der Waals surface area contributed by atoms with E-state index in [1.165, 1.54) is 0 Å². The molecule has 0 aliphatic heterocycles.